The number of hydrogen-bond acceptors (Lipinski definition) is 5. The molecule has 0 aliphatic rings. The van der Waals surface area contributed by atoms with Gasteiger partial charge in [-0.05, 0) is 18.2 Å². The molecule has 5 nitrogen and oxygen atoms in total. The molecule has 6 heteroatoms. The Labute approximate surface area is 105 Å². The van der Waals surface area contributed by atoms with Gasteiger partial charge in [0, 0.05) is 16.3 Å². The number of carbonyl (C=O) groups is 1. The largest absolute Gasteiger partial charge is 0.496 e. The van der Waals surface area contributed by atoms with Crippen LogP contribution >= 0.6 is 8.60 Å². The zero-order valence-electron chi connectivity index (χ0n) is 9.53. The van der Waals surface area contributed by atoms with Crippen molar-refractivity contribution in [3.63, 3.8) is 0 Å². The van der Waals surface area contributed by atoms with Crippen LogP contribution in [0.25, 0.3) is 10.8 Å². The zero-order valence-corrected chi connectivity index (χ0v) is 10.4. The Morgan fingerprint density at radius 3 is 2.56 bits per heavy atom. The van der Waals surface area contributed by atoms with Gasteiger partial charge in [-0.2, -0.15) is 0 Å². The lowest BCUT2D eigenvalue weighted by atomic mass is 10.0. The first-order valence-electron chi connectivity index (χ1n) is 5.08. The molecular formula is C12H11O5P. The molecule has 0 saturated carbocycles. The van der Waals surface area contributed by atoms with Crippen LogP contribution < -0.4 is 9.26 Å². The van der Waals surface area contributed by atoms with Crippen LogP contribution in [0.2, 0.25) is 0 Å². The highest BCUT2D eigenvalue weighted by molar-refractivity contribution is 7.39. The van der Waals surface area contributed by atoms with E-state index in [1.54, 1.807) is 30.3 Å². The molecule has 0 amide bonds. The Balaban J connectivity index is 2.75. The van der Waals surface area contributed by atoms with Crippen LogP contribution in [-0.2, 0) is 0 Å². The summed E-state index contributed by atoms with van der Waals surface area (Å²) in [6, 6.07) is 8.30. The molecule has 0 radical (unpaired) electrons. The Hall–Kier alpha value is -1.68. The molecule has 0 bridgehead atoms. The monoisotopic (exact) mass is 266 g/mol. The van der Waals surface area contributed by atoms with E-state index in [9.17, 15) is 4.79 Å². The quantitative estimate of drug-likeness (QED) is 0.655. The second-order valence-electron chi connectivity index (χ2n) is 3.50. The van der Waals surface area contributed by atoms with Gasteiger partial charge in [0.25, 0.3) is 0 Å². The van der Waals surface area contributed by atoms with E-state index in [4.69, 9.17) is 19.0 Å². The van der Waals surface area contributed by atoms with Gasteiger partial charge < -0.3 is 19.0 Å². The van der Waals surface area contributed by atoms with Crippen LogP contribution in [0, 0.1) is 0 Å². The van der Waals surface area contributed by atoms with Crippen molar-refractivity contribution in [2.75, 3.05) is 7.11 Å². The summed E-state index contributed by atoms with van der Waals surface area (Å²) in [7, 11) is -1.02. The van der Waals surface area contributed by atoms with E-state index in [0.29, 0.717) is 28.4 Å². The van der Waals surface area contributed by atoms with Crippen LogP contribution in [0.4, 0.5) is 0 Å². The van der Waals surface area contributed by atoms with Gasteiger partial charge >= 0.3 is 8.60 Å². The summed E-state index contributed by atoms with van der Waals surface area (Å²) in [6.07, 6.45) is 0.686. The number of carbonyl (C=O) groups excluding carboxylic acids is 1. The van der Waals surface area contributed by atoms with Gasteiger partial charge in [-0.3, -0.25) is 4.79 Å². The number of aldehydes is 1. The first-order chi connectivity index (χ1) is 8.67. The second kappa shape index (κ2) is 5.31. The Kier molecular flexibility index (Phi) is 3.77. The summed E-state index contributed by atoms with van der Waals surface area (Å²) in [6.45, 7) is 0. The maximum atomic E-state index is 11.0. The van der Waals surface area contributed by atoms with E-state index in [1.807, 2.05) is 0 Å². The fraction of sp³-hybridized carbons (Fsp3) is 0.0833. The first-order valence-corrected chi connectivity index (χ1v) is 6.24. The summed E-state index contributed by atoms with van der Waals surface area (Å²) >= 11 is 0. The maximum absolute atomic E-state index is 11.0. The normalized spacial score (nSPS) is 10.7. The maximum Gasteiger partial charge on any atom is 0.391 e. The zero-order chi connectivity index (χ0) is 13.1. The predicted octanol–water partition coefficient (Wildman–Crippen LogP) is 2.25. The fourth-order valence-corrected chi connectivity index (χ4v) is 2.14. The van der Waals surface area contributed by atoms with Gasteiger partial charge in [0.1, 0.15) is 11.5 Å². The van der Waals surface area contributed by atoms with E-state index in [-0.39, 0.29) is 5.75 Å². The molecule has 0 saturated heterocycles. The van der Waals surface area contributed by atoms with Crippen molar-refractivity contribution in [3.8, 4) is 11.5 Å². The number of benzene rings is 2. The molecule has 0 spiro atoms. The lowest BCUT2D eigenvalue weighted by Crippen LogP contribution is -1.93. The van der Waals surface area contributed by atoms with Crippen LogP contribution in [0.1, 0.15) is 10.4 Å². The Morgan fingerprint density at radius 1 is 1.17 bits per heavy atom. The minimum Gasteiger partial charge on any atom is -0.496 e. The number of hydrogen-bond donors (Lipinski definition) is 2. The lowest BCUT2D eigenvalue weighted by molar-refractivity contribution is 0.112. The van der Waals surface area contributed by atoms with Gasteiger partial charge in [0.2, 0.25) is 0 Å². The molecule has 0 fully saturated rings. The van der Waals surface area contributed by atoms with Gasteiger partial charge in [-0.1, -0.05) is 12.1 Å². The third-order valence-corrected chi connectivity index (χ3v) is 2.88. The molecule has 0 aliphatic carbocycles. The highest BCUT2D eigenvalue weighted by atomic mass is 31.2. The molecule has 2 aromatic rings. The molecule has 0 atom stereocenters. The van der Waals surface area contributed by atoms with Gasteiger partial charge in [-0.15, -0.1) is 0 Å². The van der Waals surface area contributed by atoms with Crippen molar-refractivity contribution >= 4 is 25.7 Å². The lowest BCUT2D eigenvalue weighted by Gasteiger charge is -2.12. The molecule has 2 rings (SSSR count). The fourth-order valence-electron chi connectivity index (χ4n) is 1.81. The number of methoxy groups -OCH3 is 1. The molecular weight excluding hydrogens is 255 g/mol. The topological polar surface area (TPSA) is 76.0 Å². The van der Waals surface area contributed by atoms with Crippen molar-refractivity contribution in [1.82, 2.24) is 0 Å². The molecule has 0 aromatic heterocycles. The van der Waals surface area contributed by atoms with E-state index < -0.39 is 8.60 Å². The molecule has 18 heavy (non-hydrogen) atoms. The summed E-state index contributed by atoms with van der Waals surface area (Å²) in [4.78, 5) is 28.9. The summed E-state index contributed by atoms with van der Waals surface area (Å²) < 4.78 is 10.1. The SMILES string of the molecule is COc1ccc(C=O)c2c(OP(O)O)cccc12. The van der Waals surface area contributed by atoms with E-state index in [1.165, 1.54) is 7.11 Å². The van der Waals surface area contributed by atoms with Crippen LogP contribution in [0.3, 0.4) is 0 Å². The van der Waals surface area contributed by atoms with Crippen molar-refractivity contribution < 1.29 is 23.8 Å². The van der Waals surface area contributed by atoms with Gasteiger partial charge in [0.05, 0.1) is 7.11 Å². The van der Waals surface area contributed by atoms with Gasteiger partial charge in [0.15, 0.2) is 6.29 Å². The minimum atomic E-state index is -2.54. The van der Waals surface area contributed by atoms with Crippen molar-refractivity contribution in [2.45, 2.75) is 0 Å². The number of rotatable bonds is 4. The van der Waals surface area contributed by atoms with Crippen LogP contribution in [-0.4, -0.2) is 23.2 Å². The highest BCUT2D eigenvalue weighted by Crippen LogP contribution is 2.39. The second-order valence-corrected chi connectivity index (χ2v) is 4.19. The third kappa shape index (κ3) is 2.29. The predicted molar refractivity (Wildman–Crippen MR) is 67.9 cm³/mol. The average molecular weight is 266 g/mol. The van der Waals surface area contributed by atoms with Gasteiger partial charge in [-0.25, -0.2) is 0 Å². The molecule has 94 valence electrons. The summed E-state index contributed by atoms with van der Waals surface area (Å²) in [5.41, 5.74) is 0.401. The first kappa shape index (κ1) is 12.8. The van der Waals surface area contributed by atoms with E-state index in [0.717, 1.165) is 0 Å². The molecule has 0 heterocycles. The smallest absolute Gasteiger partial charge is 0.391 e. The Bertz CT molecular complexity index is 582. The van der Waals surface area contributed by atoms with Crippen molar-refractivity contribution in [1.29, 1.82) is 0 Å². The molecule has 2 aromatic carbocycles. The molecule has 2 N–H and O–H groups in total. The van der Waals surface area contributed by atoms with E-state index >= 15 is 0 Å². The Morgan fingerprint density at radius 2 is 1.94 bits per heavy atom. The average Bonchev–Trinajstić information content (AvgIpc) is 2.37. The van der Waals surface area contributed by atoms with Crippen molar-refractivity contribution in [3.05, 3.63) is 35.9 Å². The van der Waals surface area contributed by atoms with Crippen LogP contribution in [0.5, 0.6) is 11.5 Å². The number of ether oxygens (including phenoxy) is 1. The molecule has 0 unspecified atom stereocenters. The van der Waals surface area contributed by atoms with Crippen molar-refractivity contribution in [2.24, 2.45) is 0 Å². The van der Waals surface area contributed by atoms with Crippen LogP contribution in [0.15, 0.2) is 30.3 Å². The minimum absolute atomic E-state index is 0.240. The van der Waals surface area contributed by atoms with E-state index in [2.05, 4.69) is 0 Å². The highest BCUT2D eigenvalue weighted by Gasteiger charge is 2.13. The standard InChI is InChI=1S/C12H11O5P/c1-16-10-6-5-8(7-13)12-9(10)3-2-4-11(12)17-18(14)15/h2-7,14-15H,1H3. The molecule has 0 aliphatic heterocycles. The third-order valence-electron chi connectivity index (χ3n) is 2.52. The summed E-state index contributed by atoms with van der Waals surface area (Å²) in [5, 5.41) is 1.18. The summed E-state index contributed by atoms with van der Waals surface area (Å²) in [5.74, 6) is 0.825. The number of fused-ring (bicyclic) bond motifs is 1.